The predicted molar refractivity (Wildman–Crippen MR) is 105 cm³/mol. The molecule has 4 heterocycles. The van der Waals surface area contributed by atoms with E-state index in [1.807, 2.05) is 0 Å². The molecule has 1 aliphatic rings. The summed E-state index contributed by atoms with van der Waals surface area (Å²) in [7, 11) is 0. The van der Waals surface area contributed by atoms with Crippen LogP contribution >= 0.6 is 34.5 Å². The van der Waals surface area contributed by atoms with E-state index in [2.05, 4.69) is 15.3 Å². The molecule has 0 saturated carbocycles. The Hall–Kier alpha value is -2.62. The number of carbonyl (C=O) groups is 3. The van der Waals surface area contributed by atoms with E-state index in [-0.39, 0.29) is 12.1 Å². The summed E-state index contributed by atoms with van der Waals surface area (Å²) in [6, 6.07) is 3.92. The van der Waals surface area contributed by atoms with Crippen LogP contribution < -0.4 is 10.2 Å². The summed E-state index contributed by atoms with van der Waals surface area (Å²) in [6.07, 6.45) is 1.72. The van der Waals surface area contributed by atoms with Gasteiger partial charge in [-0.3, -0.25) is 24.3 Å². The lowest BCUT2D eigenvalue weighted by molar-refractivity contribution is -0.137. The normalized spacial score (nSPS) is 16.3. The fourth-order valence-corrected chi connectivity index (χ4v) is 4.59. The van der Waals surface area contributed by atoms with Crippen LogP contribution in [0.2, 0.25) is 9.36 Å². The number of aliphatic carboxylic acids is 1. The lowest BCUT2D eigenvalue weighted by atomic mass is 10.0. The Kier molecular flexibility index (Phi) is 4.74. The smallest absolute Gasteiger partial charge is 0.323 e. The average Bonchev–Trinajstić information content (AvgIpc) is 3.18. The van der Waals surface area contributed by atoms with Gasteiger partial charge in [0.1, 0.15) is 22.6 Å². The Morgan fingerprint density at radius 3 is 2.93 bits per heavy atom. The number of aromatic nitrogens is 2. The molecule has 3 aromatic heterocycles. The molecule has 3 N–H and O–H groups in total. The number of anilines is 1. The van der Waals surface area contributed by atoms with Gasteiger partial charge in [-0.25, -0.2) is 0 Å². The molecule has 0 radical (unpaired) electrons. The maximum absolute atomic E-state index is 12.8. The number of carbonyl (C=O) groups excluding carboxylic acids is 2. The van der Waals surface area contributed by atoms with E-state index in [9.17, 15) is 14.4 Å². The van der Waals surface area contributed by atoms with Crippen LogP contribution in [0, 0.1) is 0 Å². The van der Waals surface area contributed by atoms with Gasteiger partial charge in [-0.2, -0.15) is 0 Å². The van der Waals surface area contributed by atoms with Crippen LogP contribution in [0.4, 0.5) is 5.69 Å². The van der Waals surface area contributed by atoms with E-state index in [1.165, 1.54) is 11.3 Å². The molecule has 0 saturated heterocycles. The largest absolute Gasteiger partial charge is 0.480 e. The Labute approximate surface area is 172 Å². The number of fused-ring (bicyclic) bond motifs is 2. The minimum Gasteiger partial charge on any atom is -0.480 e. The van der Waals surface area contributed by atoms with Crippen molar-refractivity contribution >= 4 is 68.2 Å². The molecule has 0 aliphatic carbocycles. The maximum Gasteiger partial charge on any atom is 0.323 e. The van der Waals surface area contributed by atoms with E-state index in [0.29, 0.717) is 26.3 Å². The van der Waals surface area contributed by atoms with E-state index >= 15 is 0 Å². The molecule has 3 aromatic rings. The molecular formula is C17H12Cl2N4O4S. The summed E-state index contributed by atoms with van der Waals surface area (Å²) in [5, 5.41) is 12.1. The van der Waals surface area contributed by atoms with Crippen molar-refractivity contribution in [2.75, 3.05) is 11.4 Å². The standard InChI is InChI=1S/C17H12Cl2N4O4S/c18-13-14-11(28-15(13)19)5-8(21-14)16(26)22-9-4-7-10(2-1-3-20-7)23(17(9)27)6-12(24)25/h1-3,5,9,21H,4,6H2,(H,22,26)(H,24,25). The lowest BCUT2D eigenvalue weighted by Crippen LogP contribution is -2.54. The third kappa shape index (κ3) is 3.21. The third-order valence-electron chi connectivity index (χ3n) is 4.34. The quantitative estimate of drug-likeness (QED) is 0.578. The van der Waals surface area contributed by atoms with Gasteiger partial charge >= 0.3 is 5.97 Å². The summed E-state index contributed by atoms with van der Waals surface area (Å²) < 4.78 is 1.14. The second-order valence-electron chi connectivity index (χ2n) is 6.13. The first-order chi connectivity index (χ1) is 13.3. The zero-order valence-electron chi connectivity index (χ0n) is 14.0. The second-order valence-corrected chi connectivity index (χ2v) is 8.16. The Bertz CT molecular complexity index is 1130. The second kappa shape index (κ2) is 7.08. The van der Waals surface area contributed by atoms with Crippen molar-refractivity contribution in [3.63, 3.8) is 0 Å². The highest BCUT2D eigenvalue weighted by Gasteiger charge is 2.35. The van der Waals surface area contributed by atoms with Crippen LogP contribution in [-0.4, -0.2) is 45.4 Å². The third-order valence-corrected chi connectivity index (χ3v) is 6.27. The lowest BCUT2D eigenvalue weighted by Gasteiger charge is -2.32. The van der Waals surface area contributed by atoms with Crippen molar-refractivity contribution in [3.8, 4) is 0 Å². The zero-order chi connectivity index (χ0) is 20.0. The molecule has 0 spiro atoms. The molecule has 4 rings (SSSR count). The molecule has 8 nitrogen and oxygen atoms in total. The van der Waals surface area contributed by atoms with Crippen LogP contribution in [0.15, 0.2) is 24.4 Å². The summed E-state index contributed by atoms with van der Waals surface area (Å²) in [6.45, 7) is -0.518. The van der Waals surface area contributed by atoms with Gasteiger partial charge < -0.3 is 15.4 Å². The van der Waals surface area contributed by atoms with Gasteiger partial charge in [0.25, 0.3) is 11.8 Å². The Balaban J connectivity index is 1.60. The van der Waals surface area contributed by atoms with Gasteiger partial charge in [0.2, 0.25) is 0 Å². The molecule has 28 heavy (non-hydrogen) atoms. The first kappa shape index (κ1) is 18.7. The van der Waals surface area contributed by atoms with E-state index in [4.69, 9.17) is 28.3 Å². The van der Waals surface area contributed by atoms with Crippen LogP contribution in [0.1, 0.15) is 16.2 Å². The Morgan fingerprint density at radius 2 is 2.21 bits per heavy atom. The molecule has 2 amide bonds. The van der Waals surface area contributed by atoms with Crippen molar-refractivity contribution in [3.05, 3.63) is 45.1 Å². The first-order valence-electron chi connectivity index (χ1n) is 8.09. The number of nitrogens with one attached hydrogen (secondary N) is 2. The number of hydrogen-bond acceptors (Lipinski definition) is 5. The van der Waals surface area contributed by atoms with Crippen LogP contribution in [0.5, 0.6) is 0 Å². The molecule has 11 heteroatoms. The molecule has 0 aromatic carbocycles. The SMILES string of the molecule is O=C(O)CN1C(=O)C(NC(=O)c2cc3sc(Cl)c(Cl)c3[nH]2)Cc2ncccc21. The van der Waals surface area contributed by atoms with Crippen molar-refractivity contribution in [2.45, 2.75) is 12.5 Å². The number of halogens is 2. The monoisotopic (exact) mass is 438 g/mol. The maximum atomic E-state index is 12.8. The summed E-state index contributed by atoms with van der Waals surface area (Å²) in [5.41, 5.74) is 1.75. The number of carboxylic acids is 1. The molecule has 0 bridgehead atoms. The Morgan fingerprint density at radius 1 is 1.43 bits per heavy atom. The highest BCUT2D eigenvalue weighted by molar-refractivity contribution is 7.23. The number of rotatable bonds is 4. The number of amides is 2. The van der Waals surface area contributed by atoms with Crippen molar-refractivity contribution in [1.29, 1.82) is 0 Å². The number of carboxylic acid groups (broad SMARTS) is 1. The number of nitrogens with zero attached hydrogens (tertiary/aromatic N) is 2. The fourth-order valence-electron chi connectivity index (χ4n) is 3.11. The fraction of sp³-hybridized carbons (Fsp3) is 0.176. The average molecular weight is 439 g/mol. The topological polar surface area (TPSA) is 115 Å². The number of pyridine rings is 1. The molecule has 0 fully saturated rings. The van der Waals surface area contributed by atoms with Crippen LogP contribution in [0.25, 0.3) is 10.2 Å². The molecule has 1 aliphatic heterocycles. The van der Waals surface area contributed by atoms with Crippen LogP contribution in [-0.2, 0) is 16.0 Å². The first-order valence-corrected chi connectivity index (χ1v) is 9.67. The van der Waals surface area contributed by atoms with Crippen molar-refractivity contribution in [1.82, 2.24) is 15.3 Å². The van der Waals surface area contributed by atoms with Gasteiger partial charge in [-0.05, 0) is 18.2 Å². The van der Waals surface area contributed by atoms with Gasteiger partial charge in [0.15, 0.2) is 0 Å². The highest BCUT2D eigenvalue weighted by Crippen LogP contribution is 2.38. The number of aromatic amines is 1. The molecule has 144 valence electrons. The highest BCUT2D eigenvalue weighted by atomic mass is 35.5. The minimum absolute atomic E-state index is 0.165. The van der Waals surface area contributed by atoms with E-state index < -0.39 is 30.4 Å². The van der Waals surface area contributed by atoms with Crippen molar-refractivity contribution in [2.24, 2.45) is 0 Å². The number of thiophene rings is 1. The number of hydrogen-bond donors (Lipinski definition) is 3. The zero-order valence-corrected chi connectivity index (χ0v) is 16.4. The summed E-state index contributed by atoms with van der Waals surface area (Å²) >= 11 is 13.3. The van der Waals surface area contributed by atoms with Gasteiger partial charge in [0.05, 0.1) is 26.6 Å². The van der Waals surface area contributed by atoms with Gasteiger partial charge in [0, 0.05) is 12.6 Å². The van der Waals surface area contributed by atoms with Gasteiger partial charge in [-0.15, -0.1) is 11.3 Å². The van der Waals surface area contributed by atoms with Crippen LogP contribution in [0.3, 0.4) is 0 Å². The van der Waals surface area contributed by atoms with E-state index in [1.54, 1.807) is 24.4 Å². The molecular weight excluding hydrogens is 427 g/mol. The van der Waals surface area contributed by atoms with Gasteiger partial charge in [-0.1, -0.05) is 23.2 Å². The molecule has 1 unspecified atom stereocenters. The van der Waals surface area contributed by atoms with Crippen molar-refractivity contribution < 1.29 is 19.5 Å². The van der Waals surface area contributed by atoms with E-state index in [0.717, 1.165) is 9.60 Å². The summed E-state index contributed by atoms with van der Waals surface area (Å²) in [5.74, 6) is -2.18. The predicted octanol–water partition coefficient (Wildman–Crippen LogP) is 2.70. The summed E-state index contributed by atoms with van der Waals surface area (Å²) in [4.78, 5) is 44.8. The molecule has 1 atom stereocenters. The number of H-pyrrole nitrogens is 1. The minimum atomic E-state index is -1.16.